The molecule has 156 valence electrons. The Labute approximate surface area is 182 Å². The quantitative estimate of drug-likeness (QED) is 0.599. The first-order valence-electron chi connectivity index (χ1n) is 9.52. The third-order valence-corrected chi connectivity index (χ3v) is 5.38. The lowest BCUT2D eigenvalue weighted by atomic mass is 9.93. The van der Waals surface area contributed by atoms with Crippen LogP contribution in [0.4, 0.5) is 5.69 Å². The van der Waals surface area contributed by atoms with E-state index in [9.17, 15) is 9.59 Å². The van der Waals surface area contributed by atoms with Crippen LogP contribution >= 0.6 is 12.2 Å². The van der Waals surface area contributed by atoms with Crippen LogP contribution in [0, 0.1) is 6.92 Å². The first kappa shape index (κ1) is 21.5. The molecule has 0 unspecified atom stereocenters. The molecular formula is C23H25N3O3S. The number of rotatable bonds is 4. The monoisotopic (exact) mass is 423 g/mol. The van der Waals surface area contributed by atoms with Crippen molar-refractivity contribution in [3.8, 4) is 0 Å². The summed E-state index contributed by atoms with van der Waals surface area (Å²) in [5.41, 5.74) is 4.67. The van der Waals surface area contributed by atoms with Crippen LogP contribution in [-0.4, -0.2) is 43.1 Å². The van der Waals surface area contributed by atoms with Crippen molar-refractivity contribution in [3.05, 3.63) is 76.5 Å². The molecular weight excluding hydrogens is 398 g/mol. The highest BCUT2D eigenvalue weighted by Crippen LogP contribution is 2.34. The van der Waals surface area contributed by atoms with Crippen LogP contribution in [0.15, 0.2) is 59.8 Å². The van der Waals surface area contributed by atoms with Gasteiger partial charge in [-0.3, -0.25) is 9.69 Å². The molecule has 0 saturated heterocycles. The molecule has 0 bridgehead atoms. The smallest absolute Gasteiger partial charge is 0.337 e. The van der Waals surface area contributed by atoms with Crippen molar-refractivity contribution in [2.45, 2.75) is 19.9 Å². The SMILES string of the molecule is COC(=O)c1ccc([C@@H]2NC(=S)N(c3ccc(C)cc3)C(C)=C2C(=O)N(C)C)cc1. The summed E-state index contributed by atoms with van der Waals surface area (Å²) in [5.74, 6) is -0.516. The number of nitrogens with zero attached hydrogens (tertiary/aromatic N) is 2. The highest BCUT2D eigenvalue weighted by atomic mass is 32.1. The van der Waals surface area contributed by atoms with Crippen molar-refractivity contribution in [1.29, 1.82) is 0 Å². The maximum atomic E-state index is 13.1. The number of thiocarbonyl (C=S) groups is 1. The van der Waals surface area contributed by atoms with Crippen LogP contribution in [0.1, 0.15) is 34.5 Å². The summed E-state index contributed by atoms with van der Waals surface area (Å²) in [5, 5.41) is 3.82. The Hall–Kier alpha value is -3.19. The number of hydrogen-bond acceptors (Lipinski definition) is 4. The largest absolute Gasteiger partial charge is 0.465 e. The minimum absolute atomic E-state index is 0.110. The van der Waals surface area contributed by atoms with Gasteiger partial charge in [-0.15, -0.1) is 0 Å². The normalized spacial score (nSPS) is 16.2. The van der Waals surface area contributed by atoms with Crippen LogP contribution < -0.4 is 10.2 Å². The molecule has 0 aromatic heterocycles. The molecule has 30 heavy (non-hydrogen) atoms. The molecule has 7 heteroatoms. The van der Waals surface area contributed by atoms with E-state index in [0.717, 1.165) is 22.5 Å². The fourth-order valence-corrected chi connectivity index (χ4v) is 3.81. The summed E-state index contributed by atoms with van der Waals surface area (Å²) >= 11 is 5.67. The van der Waals surface area contributed by atoms with Crippen molar-refractivity contribution >= 4 is 34.9 Å². The van der Waals surface area contributed by atoms with E-state index in [1.54, 1.807) is 31.1 Å². The maximum Gasteiger partial charge on any atom is 0.337 e. The Balaban J connectivity index is 2.09. The molecule has 6 nitrogen and oxygen atoms in total. The van der Waals surface area contributed by atoms with Crippen molar-refractivity contribution in [2.24, 2.45) is 0 Å². The number of hydrogen-bond donors (Lipinski definition) is 1. The van der Waals surface area contributed by atoms with Crippen LogP contribution in [0.25, 0.3) is 0 Å². The molecule has 1 aliphatic rings. The third kappa shape index (κ3) is 4.07. The summed E-state index contributed by atoms with van der Waals surface area (Å²) in [4.78, 5) is 28.3. The first-order chi connectivity index (χ1) is 14.2. The number of amides is 1. The predicted molar refractivity (Wildman–Crippen MR) is 121 cm³/mol. The molecule has 1 heterocycles. The minimum atomic E-state index is -0.430. The van der Waals surface area contributed by atoms with Gasteiger partial charge in [0.2, 0.25) is 0 Å². The number of nitrogens with one attached hydrogen (secondary N) is 1. The van der Waals surface area contributed by atoms with E-state index in [0.29, 0.717) is 16.2 Å². The highest BCUT2D eigenvalue weighted by Gasteiger charge is 2.35. The van der Waals surface area contributed by atoms with E-state index in [1.807, 2.05) is 55.1 Å². The van der Waals surface area contributed by atoms with Gasteiger partial charge in [-0.1, -0.05) is 29.8 Å². The first-order valence-corrected chi connectivity index (χ1v) is 9.93. The topological polar surface area (TPSA) is 61.9 Å². The molecule has 0 fully saturated rings. The maximum absolute atomic E-state index is 13.1. The number of likely N-dealkylation sites (N-methyl/N-ethyl adjacent to an activating group) is 1. The highest BCUT2D eigenvalue weighted by molar-refractivity contribution is 7.80. The van der Waals surface area contributed by atoms with Crippen LogP contribution in [0.2, 0.25) is 0 Å². The lowest BCUT2D eigenvalue weighted by molar-refractivity contribution is -0.125. The Morgan fingerprint density at radius 3 is 2.17 bits per heavy atom. The number of carbonyl (C=O) groups excluding carboxylic acids is 2. The lowest BCUT2D eigenvalue weighted by Crippen LogP contribution is -2.49. The van der Waals surface area contributed by atoms with E-state index in [1.165, 1.54) is 7.11 Å². The number of allylic oxidation sites excluding steroid dienone is 1. The molecule has 0 aliphatic carbocycles. The lowest BCUT2D eigenvalue weighted by Gasteiger charge is -2.38. The Bertz CT molecular complexity index is 1010. The summed E-state index contributed by atoms with van der Waals surface area (Å²) < 4.78 is 4.77. The Morgan fingerprint density at radius 2 is 1.63 bits per heavy atom. The molecule has 2 aromatic carbocycles. The zero-order chi connectivity index (χ0) is 22.0. The third-order valence-electron chi connectivity index (χ3n) is 5.08. The van der Waals surface area contributed by atoms with Gasteiger partial charge in [-0.05, 0) is 55.9 Å². The van der Waals surface area contributed by atoms with Crippen molar-refractivity contribution in [2.75, 3.05) is 26.1 Å². The second kappa shape index (κ2) is 8.67. The zero-order valence-electron chi connectivity index (χ0n) is 17.7. The number of esters is 1. The average Bonchev–Trinajstić information content (AvgIpc) is 2.73. The van der Waals surface area contributed by atoms with E-state index >= 15 is 0 Å². The second-order valence-corrected chi connectivity index (χ2v) is 7.75. The van der Waals surface area contributed by atoms with Crippen LogP contribution in [-0.2, 0) is 9.53 Å². The molecule has 1 aliphatic heterocycles. The van der Waals surface area contributed by atoms with Gasteiger partial charge in [-0.25, -0.2) is 4.79 Å². The Morgan fingerprint density at radius 1 is 1.03 bits per heavy atom. The predicted octanol–water partition coefficient (Wildman–Crippen LogP) is 3.58. The summed E-state index contributed by atoms with van der Waals surface area (Å²) in [6, 6.07) is 14.5. The van der Waals surface area contributed by atoms with Gasteiger partial charge in [0.05, 0.1) is 24.3 Å². The van der Waals surface area contributed by atoms with Crippen LogP contribution in [0.5, 0.6) is 0 Å². The van der Waals surface area contributed by atoms with E-state index in [4.69, 9.17) is 17.0 Å². The van der Waals surface area contributed by atoms with E-state index in [-0.39, 0.29) is 5.91 Å². The molecule has 0 spiro atoms. The number of carbonyl (C=O) groups is 2. The standard InChI is InChI=1S/C23H25N3O3S/c1-14-6-12-18(13-7-14)26-15(2)19(21(27)25(3)4)20(24-23(26)30)16-8-10-17(11-9-16)22(28)29-5/h6-13,20H,1-5H3,(H,24,30)/t20-/m0/s1. The molecule has 1 amide bonds. The number of anilines is 1. The van der Waals surface area contributed by atoms with Gasteiger partial charge < -0.3 is 15.0 Å². The van der Waals surface area contributed by atoms with Gasteiger partial charge in [0.15, 0.2) is 5.11 Å². The molecule has 2 aromatic rings. The number of methoxy groups -OCH3 is 1. The fourth-order valence-electron chi connectivity index (χ4n) is 3.45. The number of benzene rings is 2. The van der Waals surface area contributed by atoms with E-state index in [2.05, 4.69) is 5.32 Å². The number of ether oxygens (including phenoxy) is 1. The van der Waals surface area contributed by atoms with Crippen molar-refractivity contribution < 1.29 is 14.3 Å². The minimum Gasteiger partial charge on any atom is -0.465 e. The summed E-state index contributed by atoms with van der Waals surface area (Å²) in [6.45, 7) is 3.92. The molecule has 1 N–H and O–H groups in total. The van der Waals surface area contributed by atoms with Gasteiger partial charge in [0.1, 0.15) is 0 Å². The molecule has 1 atom stereocenters. The molecule has 0 radical (unpaired) electrons. The summed E-state index contributed by atoms with van der Waals surface area (Å²) in [6.07, 6.45) is 0. The fraction of sp³-hybridized carbons (Fsp3) is 0.261. The molecule has 3 rings (SSSR count). The van der Waals surface area contributed by atoms with E-state index < -0.39 is 12.0 Å². The van der Waals surface area contributed by atoms with Crippen molar-refractivity contribution in [3.63, 3.8) is 0 Å². The molecule has 0 saturated carbocycles. The average molecular weight is 424 g/mol. The van der Waals surface area contributed by atoms with Gasteiger partial charge in [0, 0.05) is 25.5 Å². The van der Waals surface area contributed by atoms with Crippen molar-refractivity contribution in [1.82, 2.24) is 10.2 Å². The second-order valence-electron chi connectivity index (χ2n) is 7.37. The number of aryl methyl sites for hydroxylation is 1. The Kier molecular flexibility index (Phi) is 6.22. The van der Waals surface area contributed by atoms with Crippen LogP contribution in [0.3, 0.4) is 0 Å². The van der Waals surface area contributed by atoms with Gasteiger partial charge in [0.25, 0.3) is 5.91 Å². The summed E-state index contributed by atoms with van der Waals surface area (Å²) in [7, 11) is 4.79. The van der Waals surface area contributed by atoms with Gasteiger partial charge in [-0.2, -0.15) is 0 Å². The zero-order valence-corrected chi connectivity index (χ0v) is 18.5. The van der Waals surface area contributed by atoms with Gasteiger partial charge >= 0.3 is 5.97 Å².